The van der Waals surface area contributed by atoms with Crippen LogP contribution in [-0.4, -0.2) is 10.7 Å². The second kappa shape index (κ2) is 6.72. The van der Waals surface area contributed by atoms with E-state index in [1.807, 2.05) is 12.2 Å². The topological polar surface area (TPSA) is 109 Å². The predicted octanol–water partition coefficient (Wildman–Crippen LogP) is 4.34. The lowest BCUT2D eigenvalue weighted by Crippen LogP contribution is -2.27. The molecule has 1 atom stereocenters. The van der Waals surface area contributed by atoms with E-state index in [1.54, 1.807) is 19.1 Å². The van der Waals surface area contributed by atoms with E-state index in [0.29, 0.717) is 12.0 Å². The van der Waals surface area contributed by atoms with Crippen molar-refractivity contribution < 1.29 is 9.72 Å². The lowest BCUT2D eigenvalue weighted by molar-refractivity contribution is -0.384. The van der Waals surface area contributed by atoms with Gasteiger partial charge in [-0.2, -0.15) is 0 Å². The Labute approximate surface area is 132 Å². The Morgan fingerprint density at radius 1 is 1.39 bits per heavy atom. The normalized spacial score (nSPS) is 20.0. The summed E-state index contributed by atoms with van der Waals surface area (Å²) in [4.78, 5) is 25.5. The van der Waals surface area contributed by atoms with Gasteiger partial charge < -0.3 is 0 Å². The van der Waals surface area contributed by atoms with Gasteiger partial charge in [-0.15, -0.1) is 0 Å². The van der Waals surface area contributed by atoms with Crippen LogP contribution in [0.5, 0.6) is 0 Å². The second-order valence-corrected chi connectivity index (χ2v) is 5.31. The van der Waals surface area contributed by atoms with E-state index in [0.717, 1.165) is 0 Å². The number of nitro groups is 1. The minimum Gasteiger partial charge on any atom is -0.293 e. The summed E-state index contributed by atoms with van der Waals surface area (Å²) in [6, 6.07) is 5.65. The molecule has 0 saturated carbocycles. The molecule has 1 unspecified atom stereocenters. The number of non-ortho nitro benzene ring substituents is 1. The van der Waals surface area contributed by atoms with Crippen molar-refractivity contribution >= 4 is 17.5 Å². The summed E-state index contributed by atoms with van der Waals surface area (Å²) in [5, 5.41) is 14.1. The van der Waals surface area contributed by atoms with Crippen LogP contribution in [0.25, 0.3) is 16.5 Å². The minimum absolute atomic E-state index is 0.0243. The Bertz CT molecular complexity index is 771. The maximum absolute atomic E-state index is 12.7. The fourth-order valence-electron chi connectivity index (χ4n) is 2.23. The molecule has 0 bridgehead atoms. The first kappa shape index (κ1) is 16.2. The number of rotatable bonds is 5. The second-order valence-electron chi connectivity index (χ2n) is 5.31. The van der Waals surface area contributed by atoms with Gasteiger partial charge in [-0.25, -0.2) is 0 Å². The molecule has 23 heavy (non-hydrogen) atoms. The predicted molar refractivity (Wildman–Crippen MR) is 86.2 cm³/mol. The van der Waals surface area contributed by atoms with Crippen molar-refractivity contribution in [3.63, 3.8) is 0 Å². The van der Waals surface area contributed by atoms with Crippen molar-refractivity contribution in [2.45, 2.75) is 13.3 Å². The number of hydrogen-bond donors (Lipinski definition) is 0. The van der Waals surface area contributed by atoms with Gasteiger partial charge in [-0.1, -0.05) is 29.4 Å². The molecular formula is C16H14N4O3. The zero-order valence-corrected chi connectivity index (χ0v) is 12.4. The van der Waals surface area contributed by atoms with Crippen LogP contribution in [0.1, 0.15) is 18.9 Å². The van der Waals surface area contributed by atoms with Crippen molar-refractivity contribution in [3.8, 4) is 0 Å². The lowest BCUT2D eigenvalue weighted by Gasteiger charge is -2.24. The third-order valence-electron chi connectivity index (χ3n) is 3.56. The highest BCUT2D eigenvalue weighted by Gasteiger charge is 2.32. The van der Waals surface area contributed by atoms with Crippen LogP contribution in [0, 0.1) is 15.5 Å². The molecule has 7 heteroatoms. The summed E-state index contributed by atoms with van der Waals surface area (Å²) in [5.74, 6) is -0.297. The smallest absolute Gasteiger partial charge is 0.269 e. The number of Topliss-reactive ketones (excluding diaryl/α,β-unsaturated/α-hetero) is 1. The molecule has 0 spiro atoms. The Morgan fingerprint density at radius 2 is 2.09 bits per heavy atom. The van der Waals surface area contributed by atoms with Crippen LogP contribution in [-0.2, 0) is 4.79 Å². The summed E-state index contributed by atoms with van der Waals surface area (Å²) in [6.07, 6.45) is 9.22. The van der Waals surface area contributed by atoms with E-state index < -0.39 is 10.3 Å². The molecule has 1 aromatic rings. The number of nitro benzene ring substituents is 1. The molecule has 116 valence electrons. The highest BCUT2D eigenvalue weighted by Crippen LogP contribution is 2.32. The monoisotopic (exact) mass is 310 g/mol. The molecule has 0 saturated heterocycles. The summed E-state index contributed by atoms with van der Waals surface area (Å²) in [5.41, 5.74) is 8.41. The molecular weight excluding hydrogens is 296 g/mol. The van der Waals surface area contributed by atoms with Gasteiger partial charge in [0.2, 0.25) is 0 Å². The molecule has 0 aliphatic heterocycles. The molecule has 0 heterocycles. The van der Waals surface area contributed by atoms with Gasteiger partial charge >= 0.3 is 0 Å². The Morgan fingerprint density at radius 3 is 2.61 bits per heavy atom. The number of allylic oxidation sites excluding steroid dienone is 5. The first-order valence-corrected chi connectivity index (χ1v) is 6.87. The van der Waals surface area contributed by atoms with Crippen LogP contribution in [0.15, 0.2) is 59.4 Å². The zero-order valence-electron chi connectivity index (χ0n) is 12.4. The Kier molecular flexibility index (Phi) is 4.73. The summed E-state index contributed by atoms with van der Waals surface area (Å²) in [7, 11) is 0. The third kappa shape index (κ3) is 3.72. The highest BCUT2D eigenvalue weighted by molar-refractivity contribution is 6.04. The van der Waals surface area contributed by atoms with Crippen molar-refractivity contribution in [1.82, 2.24) is 0 Å². The Balaban J connectivity index is 2.35. The van der Waals surface area contributed by atoms with Crippen LogP contribution in [0.3, 0.4) is 0 Å². The maximum Gasteiger partial charge on any atom is 0.269 e. The molecule has 1 aliphatic carbocycles. The highest BCUT2D eigenvalue weighted by atomic mass is 16.6. The first-order chi connectivity index (χ1) is 11.0. The van der Waals surface area contributed by atoms with E-state index in [-0.39, 0.29) is 17.2 Å². The van der Waals surface area contributed by atoms with E-state index >= 15 is 0 Å². The standard InChI is InChI=1S/C16H14N4O3/c1-16(9-3-2-4-10-16)15(21)14(18-19-17)11-12-5-7-13(8-6-12)20(22)23/h2-9,11H,10H2,1H3. The number of azide groups is 1. The van der Waals surface area contributed by atoms with Crippen molar-refractivity contribution in [2.75, 3.05) is 0 Å². The minimum atomic E-state index is -0.768. The van der Waals surface area contributed by atoms with Gasteiger partial charge in [0.25, 0.3) is 5.69 Å². The quantitative estimate of drug-likeness (QED) is 0.201. The van der Waals surface area contributed by atoms with Gasteiger partial charge in [0.1, 0.15) is 0 Å². The number of benzene rings is 1. The number of ketones is 1. The molecule has 7 nitrogen and oxygen atoms in total. The van der Waals surface area contributed by atoms with E-state index in [4.69, 9.17) is 5.53 Å². The van der Waals surface area contributed by atoms with Gasteiger partial charge in [-0.05, 0) is 42.6 Å². The van der Waals surface area contributed by atoms with Crippen LogP contribution in [0.2, 0.25) is 0 Å². The largest absolute Gasteiger partial charge is 0.293 e. The van der Waals surface area contributed by atoms with Crippen molar-refractivity contribution in [3.05, 3.63) is 80.4 Å². The summed E-state index contributed by atoms with van der Waals surface area (Å²) in [6.45, 7) is 1.77. The van der Waals surface area contributed by atoms with Crippen LogP contribution in [0.4, 0.5) is 5.69 Å². The van der Waals surface area contributed by atoms with Gasteiger partial charge in [-0.3, -0.25) is 14.9 Å². The number of nitrogens with zero attached hydrogens (tertiary/aromatic N) is 4. The first-order valence-electron chi connectivity index (χ1n) is 6.87. The van der Waals surface area contributed by atoms with Crippen LogP contribution < -0.4 is 0 Å². The maximum atomic E-state index is 12.7. The summed E-state index contributed by atoms with van der Waals surface area (Å²) < 4.78 is 0. The van der Waals surface area contributed by atoms with Crippen molar-refractivity contribution in [2.24, 2.45) is 10.5 Å². The number of carbonyl (C=O) groups excluding carboxylic acids is 1. The molecule has 0 aromatic heterocycles. The molecule has 0 N–H and O–H groups in total. The van der Waals surface area contributed by atoms with Gasteiger partial charge in [0, 0.05) is 17.0 Å². The third-order valence-corrected chi connectivity index (χ3v) is 3.56. The fourth-order valence-corrected chi connectivity index (χ4v) is 2.23. The Hall–Kier alpha value is -3.18. The van der Waals surface area contributed by atoms with Gasteiger partial charge in [0.05, 0.1) is 16.0 Å². The SMILES string of the molecule is CC1(C(=O)C(=Cc2ccc([N+](=O)[O-])cc2)N=[N+]=[N-])C=CC=CC1. The van der Waals surface area contributed by atoms with Crippen LogP contribution >= 0.6 is 0 Å². The van der Waals surface area contributed by atoms with E-state index in [9.17, 15) is 14.9 Å². The van der Waals surface area contributed by atoms with E-state index in [1.165, 1.54) is 30.3 Å². The zero-order chi connectivity index (χ0) is 16.9. The average Bonchev–Trinajstić information content (AvgIpc) is 2.55. The average molecular weight is 310 g/mol. The van der Waals surface area contributed by atoms with Gasteiger partial charge in [0.15, 0.2) is 5.78 Å². The lowest BCUT2D eigenvalue weighted by atomic mass is 9.78. The summed E-state index contributed by atoms with van der Waals surface area (Å²) >= 11 is 0. The fraction of sp³-hybridized carbons (Fsp3) is 0.188. The molecule has 0 fully saturated rings. The molecule has 1 aliphatic rings. The molecule has 2 rings (SSSR count). The molecule has 1 aromatic carbocycles. The van der Waals surface area contributed by atoms with Crippen molar-refractivity contribution in [1.29, 1.82) is 0 Å². The number of carbonyl (C=O) groups is 1. The molecule has 0 amide bonds. The van der Waals surface area contributed by atoms with E-state index in [2.05, 4.69) is 10.0 Å². The number of hydrogen-bond acceptors (Lipinski definition) is 4. The molecule has 0 radical (unpaired) electrons.